The van der Waals surface area contributed by atoms with Gasteiger partial charge in [-0.25, -0.2) is 15.0 Å². The molecule has 136 valence electrons. The molecule has 0 atom stereocenters. The smallest absolute Gasteiger partial charge is 0.351 e. The van der Waals surface area contributed by atoms with E-state index in [2.05, 4.69) is 24.6 Å². The van der Waals surface area contributed by atoms with Crippen LogP contribution in [0.1, 0.15) is 23.4 Å². The molecule has 10 heteroatoms. The number of hydrogen-bond acceptors (Lipinski definition) is 7. The molecule has 2 aromatic rings. The highest BCUT2D eigenvalue weighted by Crippen LogP contribution is 2.38. The fourth-order valence-corrected chi connectivity index (χ4v) is 4.04. The maximum absolute atomic E-state index is 13.3. The van der Waals surface area contributed by atoms with E-state index in [1.165, 1.54) is 17.5 Å². The zero-order valence-corrected chi connectivity index (χ0v) is 15.4. The van der Waals surface area contributed by atoms with Crippen LogP contribution in [-0.2, 0) is 6.18 Å². The fourth-order valence-electron chi connectivity index (χ4n) is 2.68. The minimum atomic E-state index is -4.50. The van der Waals surface area contributed by atoms with Crippen molar-refractivity contribution in [3.63, 3.8) is 0 Å². The predicted octanol–water partition coefficient (Wildman–Crippen LogP) is 4.08. The molecule has 0 spiro atoms. The van der Waals surface area contributed by atoms with Crippen LogP contribution in [-0.4, -0.2) is 44.6 Å². The summed E-state index contributed by atoms with van der Waals surface area (Å²) in [5, 5.41) is 3.87. The first-order valence-electron chi connectivity index (χ1n) is 7.79. The summed E-state index contributed by atoms with van der Waals surface area (Å²) in [6.07, 6.45) is 1.63. The predicted molar refractivity (Wildman–Crippen MR) is 94.6 cm³/mol. The molecule has 0 amide bonds. The lowest BCUT2D eigenvalue weighted by Gasteiger charge is -2.30. The maximum atomic E-state index is 13.3. The number of alkyl halides is 3. The van der Waals surface area contributed by atoms with Gasteiger partial charge >= 0.3 is 6.18 Å². The summed E-state index contributed by atoms with van der Waals surface area (Å²) in [4.78, 5) is 12.5. The summed E-state index contributed by atoms with van der Waals surface area (Å²) < 4.78 is 42.1. The number of piperidine rings is 1. The first-order valence-corrected chi connectivity index (χ1v) is 9.79. The molecule has 3 heterocycles. The highest BCUT2D eigenvalue weighted by Gasteiger charge is 2.36. The number of aryl methyl sites for hydroxylation is 1. The van der Waals surface area contributed by atoms with Crippen LogP contribution in [0.3, 0.4) is 0 Å². The topological polar surface area (TPSA) is 53.9 Å². The Morgan fingerprint density at radius 3 is 2.52 bits per heavy atom. The number of aromatic nitrogens is 3. The highest BCUT2D eigenvalue weighted by molar-refractivity contribution is 7.96. The third-order valence-electron chi connectivity index (χ3n) is 3.99. The molecule has 0 aromatic carbocycles. The first-order chi connectivity index (χ1) is 11.9. The van der Waals surface area contributed by atoms with Gasteiger partial charge in [0, 0.05) is 31.5 Å². The summed E-state index contributed by atoms with van der Waals surface area (Å²) in [6, 6.07) is 0.163. The van der Waals surface area contributed by atoms with Crippen molar-refractivity contribution in [2.24, 2.45) is 0 Å². The number of nitrogens with one attached hydrogen (secondary N) is 1. The molecule has 1 fully saturated rings. The molecule has 0 radical (unpaired) electrons. The molecule has 25 heavy (non-hydrogen) atoms. The number of hydrogen-bond donors (Lipinski definition) is 1. The van der Waals surface area contributed by atoms with Crippen molar-refractivity contribution in [1.82, 2.24) is 19.3 Å². The Kier molecular flexibility index (Phi) is 5.49. The third kappa shape index (κ3) is 4.42. The van der Waals surface area contributed by atoms with Crippen LogP contribution in [0.15, 0.2) is 12.4 Å². The van der Waals surface area contributed by atoms with E-state index in [0.717, 1.165) is 32.1 Å². The SMILES string of the molecule is CSN1CCC(Nc2ncc(C(F)(F)F)c(-c3cnc(C)s3)n2)CC1. The van der Waals surface area contributed by atoms with Gasteiger partial charge < -0.3 is 5.32 Å². The number of anilines is 1. The van der Waals surface area contributed by atoms with E-state index in [4.69, 9.17) is 0 Å². The maximum Gasteiger partial charge on any atom is 0.420 e. The quantitative estimate of drug-likeness (QED) is 0.796. The van der Waals surface area contributed by atoms with Crippen LogP contribution in [0.2, 0.25) is 0 Å². The molecule has 1 saturated heterocycles. The number of rotatable bonds is 4. The minimum Gasteiger partial charge on any atom is -0.351 e. The second-order valence-electron chi connectivity index (χ2n) is 5.73. The average Bonchev–Trinajstić information content (AvgIpc) is 3.01. The van der Waals surface area contributed by atoms with Gasteiger partial charge in [-0.3, -0.25) is 4.31 Å². The normalized spacial score (nSPS) is 17.0. The van der Waals surface area contributed by atoms with Gasteiger partial charge in [-0.15, -0.1) is 11.3 Å². The van der Waals surface area contributed by atoms with E-state index >= 15 is 0 Å². The summed E-state index contributed by atoms with van der Waals surface area (Å²) in [6.45, 7) is 3.61. The van der Waals surface area contributed by atoms with Crippen LogP contribution in [0.4, 0.5) is 19.1 Å². The van der Waals surface area contributed by atoms with Gasteiger partial charge in [-0.2, -0.15) is 13.2 Å². The Balaban J connectivity index is 1.84. The second-order valence-corrected chi connectivity index (χ2v) is 7.84. The van der Waals surface area contributed by atoms with Crippen LogP contribution >= 0.6 is 23.3 Å². The molecule has 3 rings (SSSR count). The van der Waals surface area contributed by atoms with Crippen molar-refractivity contribution in [1.29, 1.82) is 0 Å². The van der Waals surface area contributed by atoms with Gasteiger partial charge in [0.2, 0.25) is 5.95 Å². The van der Waals surface area contributed by atoms with Gasteiger partial charge in [0.15, 0.2) is 0 Å². The van der Waals surface area contributed by atoms with Gasteiger partial charge in [0.05, 0.1) is 15.6 Å². The molecule has 0 unspecified atom stereocenters. The Bertz CT molecular complexity index is 726. The van der Waals surface area contributed by atoms with Gasteiger partial charge in [0.25, 0.3) is 0 Å². The molecular weight excluding hydrogens is 371 g/mol. The van der Waals surface area contributed by atoms with Crippen LogP contribution < -0.4 is 5.32 Å². The molecule has 0 aliphatic carbocycles. The zero-order chi connectivity index (χ0) is 18.0. The van der Waals surface area contributed by atoms with Crippen LogP contribution in [0.5, 0.6) is 0 Å². The molecule has 1 N–H and O–H groups in total. The molecule has 1 aliphatic heterocycles. The summed E-state index contributed by atoms with van der Waals surface area (Å²) in [5.74, 6) is 0.233. The lowest BCUT2D eigenvalue weighted by atomic mass is 10.1. The first kappa shape index (κ1) is 18.4. The Labute approximate surface area is 152 Å². The highest BCUT2D eigenvalue weighted by atomic mass is 32.2. The molecule has 5 nitrogen and oxygen atoms in total. The fraction of sp³-hybridized carbons (Fsp3) is 0.533. The van der Waals surface area contributed by atoms with Crippen molar-refractivity contribution < 1.29 is 13.2 Å². The number of thiazole rings is 1. The lowest BCUT2D eigenvalue weighted by molar-refractivity contribution is -0.137. The van der Waals surface area contributed by atoms with E-state index in [-0.39, 0.29) is 17.7 Å². The van der Waals surface area contributed by atoms with E-state index < -0.39 is 11.7 Å². The van der Waals surface area contributed by atoms with Gasteiger partial charge in [0.1, 0.15) is 5.56 Å². The lowest BCUT2D eigenvalue weighted by Crippen LogP contribution is -2.35. The minimum absolute atomic E-state index is 0.114. The summed E-state index contributed by atoms with van der Waals surface area (Å²) in [5.41, 5.74) is -0.948. The van der Waals surface area contributed by atoms with E-state index in [1.807, 2.05) is 6.26 Å². The van der Waals surface area contributed by atoms with Crippen LogP contribution in [0.25, 0.3) is 10.6 Å². The van der Waals surface area contributed by atoms with Crippen molar-refractivity contribution in [2.45, 2.75) is 32.0 Å². The molecule has 2 aromatic heterocycles. The average molecular weight is 389 g/mol. The van der Waals surface area contributed by atoms with Gasteiger partial charge in [-0.05, 0) is 26.0 Å². The summed E-state index contributed by atoms with van der Waals surface area (Å²) >= 11 is 2.90. The molecule has 0 bridgehead atoms. The van der Waals surface area contributed by atoms with Crippen LogP contribution in [0, 0.1) is 6.92 Å². The van der Waals surface area contributed by atoms with E-state index in [1.54, 1.807) is 18.9 Å². The Hall–Kier alpha value is -1.39. The van der Waals surface area contributed by atoms with Crippen molar-refractivity contribution in [2.75, 3.05) is 24.7 Å². The van der Waals surface area contributed by atoms with Crippen molar-refractivity contribution in [3.05, 3.63) is 23.0 Å². The molecule has 0 saturated carbocycles. The number of halogens is 3. The van der Waals surface area contributed by atoms with Crippen molar-refractivity contribution >= 4 is 29.2 Å². The molecule has 1 aliphatic rings. The van der Waals surface area contributed by atoms with E-state index in [0.29, 0.717) is 9.88 Å². The third-order valence-corrected chi connectivity index (χ3v) is 5.80. The summed E-state index contributed by atoms with van der Waals surface area (Å²) in [7, 11) is 0. The monoisotopic (exact) mass is 389 g/mol. The standard InChI is InChI=1S/C15H18F3N5S2/c1-9-19-8-12(25-9)13-11(15(16,17)18)7-20-14(22-13)21-10-3-5-23(24-2)6-4-10/h7-8,10H,3-6H2,1-2H3,(H,20,21,22). The number of nitrogens with zero attached hydrogens (tertiary/aromatic N) is 4. The largest absolute Gasteiger partial charge is 0.420 e. The molecular formula is C15H18F3N5S2. The zero-order valence-electron chi connectivity index (χ0n) is 13.8. The van der Waals surface area contributed by atoms with Crippen molar-refractivity contribution in [3.8, 4) is 10.6 Å². The van der Waals surface area contributed by atoms with E-state index in [9.17, 15) is 13.2 Å². The van der Waals surface area contributed by atoms with Gasteiger partial charge in [-0.1, -0.05) is 11.9 Å². The Morgan fingerprint density at radius 2 is 1.96 bits per heavy atom. The second kappa shape index (κ2) is 7.46. The Morgan fingerprint density at radius 1 is 1.24 bits per heavy atom.